The zero-order valence-electron chi connectivity index (χ0n) is 10.2. The first-order valence-corrected chi connectivity index (χ1v) is 6.26. The molecule has 2 N–H and O–H groups in total. The fourth-order valence-corrected chi connectivity index (χ4v) is 1.99. The number of nitro benzene ring substituents is 1. The van der Waals surface area contributed by atoms with E-state index < -0.39 is 16.9 Å². The first-order chi connectivity index (χ1) is 9.47. The van der Waals surface area contributed by atoms with Crippen molar-refractivity contribution in [2.45, 2.75) is 13.0 Å². The average Bonchev–Trinajstić information content (AvgIpc) is 2.91. The van der Waals surface area contributed by atoms with Crippen molar-refractivity contribution >= 4 is 27.5 Å². The maximum absolute atomic E-state index is 12.0. The summed E-state index contributed by atoms with van der Waals surface area (Å²) in [7, 11) is 0. The third-order valence-electron chi connectivity index (χ3n) is 2.45. The summed E-state index contributed by atoms with van der Waals surface area (Å²) in [5.41, 5.74) is -0.00170. The Morgan fingerprint density at radius 1 is 1.50 bits per heavy atom. The normalized spacial score (nSPS) is 11.9. The van der Waals surface area contributed by atoms with Crippen LogP contribution in [0.25, 0.3) is 0 Å². The molecule has 0 bridgehead atoms. The molecule has 2 aromatic rings. The van der Waals surface area contributed by atoms with Crippen molar-refractivity contribution in [3.8, 4) is 0 Å². The van der Waals surface area contributed by atoms with Crippen molar-refractivity contribution in [2.75, 3.05) is 0 Å². The second kappa shape index (κ2) is 5.74. The molecule has 1 atom stereocenters. The van der Waals surface area contributed by atoms with E-state index in [-0.39, 0.29) is 11.3 Å². The van der Waals surface area contributed by atoms with Crippen molar-refractivity contribution in [3.05, 3.63) is 44.2 Å². The Morgan fingerprint density at radius 3 is 2.85 bits per heavy atom. The number of halogens is 1. The molecule has 9 nitrogen and oxygen atoms in total. The van der Waals surface area contributed by atoms with Crippen LogP contribution in [0.1, 0.15) is 29.1 Å². The molecule has 1 heterocycles. The maximum Gasteiger partial charge on any atom is 0.271 e. The van der Waals surface area contributed by atoms with Gasteiger partial charge in [0.15, 0.2) is 5.82 Å². The zero-order chi connectivity index (χ0) is 14.7. The van der Waals surface area contributed by atoms with Crippen molar-refractivity contribution in [3.63, 3.8) is 0 Å². The molecule has 1 aromatic carbocycles. The first kappa shape index (κ1) is 14.1. The minimum absolute atomic E-state index is 0.168. The second-order valence-electron chi connectivity index (χ2n) is 3.92. The molecule has 1 aromatic heterocycles. The van der Waals surface area contributed by atoms with E-state index in [4.69, 9.17) is 0 Å². The molecule has 10 heteroatoms. The van der Waals surface area contributed by atoms with E-state index >= 15 is 0 Å². The van der Waals surface area contributed by atoms with Crippen LogP contribution >= 0.6 is 15.9 Å². The van der Waals surface area contributed by atoms with Crippen LogP contribution in [0.15, 0.2) is 22.7 Å². The standard InChI is InChI=1S/C10H9BrN6O3/c1-5(9-13-15-16-14-9)12-10(18)6-2-7(11)4-8(3-6)17(19)20/h2-5H,1H3,(H,12,18)(H,13,14,15,16). The Morgan fingerprint density at radius 2 is 2.25 bits per heavy atom. The zero-order valence-corrected chi connectivity index (χ0v) is 11.8. The van der Waals surface area contributed by atoms with Gasteiger partial charge in [-0.1, -0.05) is 21.1 Å². The number of nitrogens with zero attached hydrogens (tertiary/aromatic N) is 4. The van der Waals surface area contributed by atoms with Gasteiger partial charge >= 0.3 is 0 Å². The molecule has 0 aliphatic rings. The number of nitro groups is 1. The quantitative estimate of drug-likeness (QED) is 0.639. The van der Waals surface area contributed by atoms with Gasteiger partial charge in [0.25, 0.3) is 11.6 Å². The smallest absolute Gasteiger partial charge is 0.271 e. The fraction of sp³-hybridized carbons (Fsp3) is 0.200. The largest absolute Gasteiger partial charge is 0.342 e. The van der Waals surface area contributed by atoms with Gasteiger partial charge < -0.3 is 5.32 Å². The molecule has 0 saturated heterocycles. The molecular weight excluding hydrogens is 332 g/mol. The molecule has 104 valence electrons. The summed E-state index contributed by atoms with van der Waals surface area (Å²) in [4.78, 5) is 22.2. The summed E-state index contributed by atoms with van der Waals surface area (Å²) in [6.07, 6.45) is 0. The molecule has 1 unspecified atom stereocenters. The van der Waals surface area contributed by atoms with E-state index in [9.17, 15) is 14.9 Å². The first-order valence-electron chi connectivity index (χ1n) is 5.46. The SMILES string of the molecule is CC(NC(=O)c1cc(Br)cc([N+](=O)[O-])c1)c1nn[nH]n1. The molecule has 0 fully saturated rings. The van der Waals surface area contributed by atoms with Crippen molar-refractivity contribution in [1.29, 1.82) is 0 Å². The van der Waals surface area contributed by atoms with E-state index in [1.165, 1.54) is 18.2 Å². The van der Waals surface area contributed by atoms with Crippen LogP contribution in [0, 0.1) is 10.1 Å². The highest BCUT2D eigenvalue weighted by molar-refractivity contribution is 9.10. The monoisotopic (exact) mass is 340 g/mol. The number of nitrogens with one attached hydrogen (secondary N) is 2. The Bertz CT molecular complexity index is 644. The van der Waals surface area contributed by atoms with Crippen molar-refractivity contribution in [2.24, 2.45) is 0 Å². The predicted molar refractivity (Wildman–Crippen MR) is 70.9 cm³/mol. The summed E-state index contributed by atoms with van der Waals surface area (Å²) >= 11 is 3.13. The molecule has 2 rings (SSSR count). The van der Waals surface area contributed by atoms with E-state index in [2.05, 4.69) is 41.9 Å². The van der Waals surface area contributed by atoms with Gasteiger partial charge in [0, 0.05) is 22.2 Å². The number of benzene rings is 1. The summed E-state index contributed by atoms with van der Waals surface area (Å²) in [6.45, 7) is 1.68. The van der Waals surface area contributed by atoms with Crippen LogP contribution in [0.3, 0.4) is 0 Å². The summed E-state index contributed by atoms with van der Waals surface area (Å²) in [5.74, 6) is -0.144. The summed E-state index contributed by atoms with van der Waals surface area (Å²) in [5, 5.41) is 26.5. The number of hydrogen-bond acceptors (Lipinski definition) is 6. The van der Waals surface area contributed by atoms with Gasteiger partial charge in [0.1, 0.15) is 0 Å². The van der Waals surface area contributed by atoms with Gasteiger partial charge in [-0.25, -0.2) is 0 Å². The molecule has 0 radical (unpaired) electrons. The van der Waals surface area contributed by atoms with Gasteiger partial charge in [0.05, 0.1) is 11.0 Å². The third-order valence-corrected chi connectivity index (χ3v) is 2.91. The van der Waals surface area contributed by atoms with Crippen molar-refractivity contribution in [1.82, 2.24) is 25.9 Å². The lowest BCUT2D eigenvalue weighted by atomic mass is 10.1. The van der Waals surface area contributed by atoms with Crippen LogP contribution < -0.4 is 5.32 Å². The van der Waals surface area contributed by atoms with Crippen LogP contribution in [0.2, 0.25) is 0 Å². The number of amides is 1. The van der Waals surface area contributed by atoms with E-state index in [0.29, 0.717) is 10.3 Å². The Kier molecular flexibility index (Phi) is 4.03. The average molecular weight is 341 g/mol. The number of rotatable bonds is 4. The Hall–Kier alpha value is -2.36. The fourth-order valence-electron chi connectivity index (χ4n) is 1.51. The highest BCUT2D eigenvalue weighted by Crippen LogP contribution is 2.21. The van der Waals surface area contributed by atoms with Crippen LogP contribution in [-0.2, 0) is 0 Å². The number of hydrogen-bond donors (Lipinski definition) is 2. The molecule has 0 aliphatic heterocycles. The van der Waals surface area contributed by atoms with Crippen LogP contribution in [-0.4, -0.2) is 31.5 Å². The van der Waals surface area contributed by atoms with Gasteiger partial charge in [-0.15, -0.1) is 10.2 Å². The third kappa shape index (κ3) is 3.15. The predicted octanol–water partition coefficient (Wildman–Crippen LogP) is 1.36. The van der Waals surface area contributed by atoms with Gasteiger partial charge in [0.2, 0.25) is 0 Å². The van der Waals surface area contributed by atoms with Gasteiger partial charge in [-0.05, 0) is 13.0 Å². The lowest BCUT2D eigenvalue weighted by Gasteiger charge is -2.10. The number of H-pyrrole nitrogens is 1. The lowest BCUT2D eigenvalue weighted by Crippen LogP contribution is -2.27. The Balaban J connectivity index is 2.19. The number of aromatic amines is 1. The van der Waals surface area contributed by atoms with Crippen LogP contribution in [0.4, 0.5) is 5.69 Å². The van der Waals surface area contributed by atoms with Gasteiger partial charge in [-0.3, -0.25) is 14.9 Å². The van der Waals surface area contributed by atoms with E-state index in [1.807, 2.05) is 0 Å². The molecule has 20 heavy (non-hydrogen) atoms. The number of carbonyl (C=O) groups excluding carboxylic acids is 1. The highest BCUT2D eigenvalue weighted by atomic mass is 79.9. The minimum Gasteiger partial charge on any atom is -0.342 e. The van der Waals surface area contributed by atoms with E-state index in [0.717, 1.165) is 0 Å². The summed E-state index contributed by atoms with van der Waals surface area (Å²) < 4.78 is 0.448. The molecule has 0 spiro atoms. The molecule has 1 amide bonds. The topological polar surface area (TPSA) is 127 Å². The number of aromatic nitrogens is 4. The highest BCUT2D eigenvalue weighted by Gasteiger charge is 2.17. The minimum atomic E-state index is -0.565. The molecule has 0 saturated carbocycles. The second-order valence-corrected chi connectivity index (χ2v) is 4.84. The number of carbonyl (C=O) groups is 1. The number of non-ortho nitro benzene ring substituents is 1. The molecule has 0 aliphatic carbocycles. The Labute approximate surface area is 121 Å². The maximum atomic E-state index is 12.0. The van der Waals surface area contributed by atoms with Crippen molar-refractivity contribution < 1.29 is 9.72 Å². The van der Waals surface area contributed by atoms with Crippen LogP contribution in [0.5, 0.6) is 0 Å². The lowest BCUT2D eigenvalue weighted by molar-refractivity contribution is -0.385. The molecular formula is C10H9BrN6O3. The van der Waals surface area contributed by atoms with E-state index in [1.54, 1.807) is 6.92 Å². The number of tetrazole rings is 1. The van der Waals surface area contributed by atoms with Gasteiger partial charge in [-0.2, -0.15) is 5.21 Å². The summed E-state index contributed by atoms with van der Waals surface area (Å²) in [6, 6.07) is 3.53.